The van der Waals surface area contributed by atoms with Gasteiger partial charge in [-0.15, -0.1) is 0 Å². The molecule has 6 nitrogen and oxygen atoms in total. The Bertz CT molecular complexity index is 968. The largest absolute Gasteiger partial charge is 0.326 e. The maximum atomic E-state index is 12.0. The van der Waals surface area contributed by atoms with Gasteiger partial charge in [0.25, 0.3) is 10.0 Å². The summed E-state index contributed by atoms with van der Waals surface area (Å²) in [4.78, 5) is 16.6. The number of amides is 1. The first-order chi connectivity index (χ1) is 13.0. The summed E-state index contributed by atoms with van der Waals surface area (Å²) in [7, 11) is -3.48. The first-order valence-corrected chi connectivity index (χ1v) is 10.5. The van der Waals surface area contributed by atoms with Gasteiger partial charge in [0.05, 0.1) is 4.90 Å². The first kappa shape index (κ1) is 19.1. The zero-order chi connectivity index (χ0) is 19.3. The second-order valence-corrected chi connectivity index (χ2v) is 8.21. The van der Waals surface area contributed by atoms with E-state index in [9.17, 15) is 13.2 Å². The number of anilines is 1. The van der Waals surface area contributed by atoms with Gasteiger partial charge >= 0.3 is 0 Å². The van der Waals surface area contributed by atoms with E-state index in [1.54, 1.807) is 24.3 Å². The SMILES string of the molecule is Cc1cccc(NC(=O)CCCCCN=C2NS(=O)(=O)c3ccccc32)c1. The Balaban J connectivity index is 1.41. The average molecular weight is 385 g/mol. The molecule has 0 aliphatic carbocycles. The van der Waals surface area contributed by atoms with Gasteiger partial charge < -0.3 is 5.32 Å². The predicted molar refractivity (Wildman–Crippen MR) is 106 cm³/mol. The van der Waals surface area contributed by atoms with Crippen molar-refractivity contribution in [3.8, 4) is 0 Å². The van der Waals surface area contributed by atoms with Crippen molar-refractivity contribution in [1.82, 2.24) is 4.72 Å². The Labute approximate surface area is 159 Å². The number of aliphatic imine (C=N–C) groups is 1. The molecule has 1 amide bonds. The second-order valence-electron chi connectivity index (χ2n) is 6.56. The maximum Gasteiger partial charge on any atom is 0.263 e. The normalized spacial score (nSPS) is 16.0. The Morgan fingerprint density at radius 1 is 1.07 bits per heavy atom. The highest BCUT2D eigenvalue weighted by atomic mass is 32.2. The lowest BCUT2D eigenvalue weighted by molar-refractivity contribution is -0.116. The minimum Gasteiger partial charge on any atom is -0.326 e. The molecule has 7 heteroatoms. The lowest BCUT2D eigenvalue weighted by atomic mass is 10.1. The summed E-state index contributed by atoms with van der Waals surface area (Å²) >= 11 is 0. The summed E-state index contributed by atoms with van der Waals surface area (Å²) in [5.74, 6) is 0.409. The Morgan fingerprint density at radius 3 is 2.70 bits per heavy atom. The van der Waals surface area contributed by atoms with E-state index in [0.29, 0.717) is 24.4 Å². The summed E-state index contributed by atoms with van der Waals surface area (Å²) in [6, 6.07) is 14.5. The monoisotopic (exact) mass is 385 g/mol. The van der Waals surface area contributed by atoms with Gasteiger partial charge in [0.1, 0.15) is 5.84 Å². The number of benzene rings is 2. The highest BCUT2D eigenvalue weighted by molar-refractivity contribution is 7.90. The number of carbonyl (C=O) groups is 1. The number of fused-ring (bicyclic) bond motifs is 1. The maximum absolute atomic E-state index is 12.0. The topological polar surface area (TPSA) is 87.6 Å². The van der Waals surface area contributed by atoms with E-state index in [0.717, 1.165) is 30.5 Å². The fourth-order valence-corrected chi connectivity index (χ4v) is 4.21. The molecular formula is C20H23N3O3S. The van der Waals surface area contributed by atoms with E-state index in [-0.39, 0.29) is 10.8 Å². The van der Waals surface area contributed by atoms with E-state index >= 15 is 0 Å². The number of nitrogens with one attached hydrogen (secondary N) is 2. The molecule has 0 bridgehead atoms. The average Bonchev–Trinajstić information content (AvgIpc) is 2.89. The van der Waals surface area contributed by atoms with E-state index in [2.05, 4.69) is 15.0 Å². The molecule has 0 aromatic heterocycles. The summed E-state index contributed by atoms with van der Waals surface area (Å²) < 4.78 is 26.5. The van der Waals surface area contributed by atoms with Crippen molar-refractivity contribution in [2.24, 2.45) is 4.99 Å². The van der Waals surface area contributed by atoms with Gasteiger partial charge in [-0.05, 0) is 49.6 Å². The summed E-state index contributed by atoms with van der Waals surface area (Å²) in [6.45, 7) is 2.51. The zero-order valence-electron chi connectivity index (χ0n) is 15.2. The van der Waals surface area contributed by atoms with Gasteiger partial charge in [-0.3, -0.25) is 14.5 Å². The van der Waals surface area contributed by atoms with Crippen LogP contribution in [0.25, 0.3) is 0 Å². The van der Waals surface area contributed by atoms with Crippen molar-refractivity contribution >= 4 is 27.5 Å². The van der Waals surface area contributed by atoms with Gasteiger partial charge in [0.15, 0.2) is 0 Å². The molecule has 1 aliphatic heterocycles. The number of unbranched alkanes of at least 4 members (excludes halogenated alkanes) is 2. The van der Waals surface area contributed by atoms with Crippen LogP contribution in [0.1, 0.15) is 36.8 Å². The fourth-order valence-electron chi connectivity index (χ4n) is 2.96. The summed E-state index contributed by atoms with van der Waals surface area (Å²) in [5.41, 5.74) is 2.55. The minimum atomic E-state index is -3.48. The van der Waals surface area contributed by atoms with Crippen molar-refractivity contribution in [2.45, 2.75) is 37.5 Å². The molecule has 142 valence electrons. The quantitative estimate of drug-likeness (QED) is 0.717. The molecule has 1 heterocycles. The molecule has 0 unspecified atom stereocenters. The number of rotatable bonds is 7. The number of aryl methyl sites for hydroxylation is 1. The first-order valence-electron chi connectivity index (χ1n) is 8.99. The van der Waals surface area contributed by atoms with Crippen LogP contribution in [0.4, 0.5) is 5.69 Å². The lowest BCUT2D eigenvalue weighted by Gasteiger charge is -2.05. The van der Waals surface area contributed by atoms with Crippen LogP contribution in [0.2, 0.25) is 0 Å². The molecule has 2 N–H and O–H groups in total. The van der Waals surface area contributed by atoms with E-state index in [1.165, 1.54) is 0 Å². The van der Waals surface area contributed by atoms with Crippen LogP contribution < -0.4 is 10.0 Å². The van der Waals surface area contributed by atoms with E-state index in [1.807, 2.05) is 31.2 Å². The van der Waals surface area contributed by atoms with Crippen molar-refractivity contribution in [3.63, 3.8) is 0 Å². The van der Waals surface area contributed by atoms with E-state index in [4.69, 9.17) is 0 Å². The Morgan fingerprint density at radius 2 is 1.89 bits per heavy atom. The van der Waals surface area contributed by atoms with Crippen LogP contribution >= 0.6 is 0 Å². The summed E-state index contributed by atoms with van der Waals surface area (Å²) in [6.07, 6.45) is 2.88. The zero-order valence-corrected chi connectivity index (χ0v) is 16.1. The molecule has 3 rings (SSSR count). The molecular weight excluding hydrogens is 362 g/mol. The third-order valence-electron chi connectivity index (χ3n) is 4.30. The van der Waals surface area contributed by atoms with Gasteiger partial charge in [-0.1, -0.05) is 30.7 Å². The molecule has 0 radical (unpaired) electrons. The van der Waals surface area contributed by atoms with Crippen LogP contribution in [-0.4, -0.2) is 26.7 Å². The van der Waals surface area contributed by atoms with Gasteiger partial charge in [0.2, 0.25) is 5.91 Å². The van der Waals surface area contributed by atoms with Crippen LogP contribution in [0, 0.1) is 6.92 Å². The highest BCUT2D eigenvalue weighted by Crippen LogP contribution is 2.22. The molecule has 0 atom stereocenters. The molecule has 1 aliphatic rings. The van der Waals surface area contributed by atoms with Gasteiger partial charge in [-0.2, -0.15) is 0 Å². The number of sulfonamides is 1. The van der Waals surface area contributed by atoms with Crippen molar-refractivity contribution in [3.05, 3.63) is 59.7 Å². The Kier molecular flexibility index (Phi) is 5.91. The summed E-state index contributed by atoms with van der Waals surface area (Å²) in [5, 5.41) is 2.90. The molecule has 0 spiro atoms. The molecule has 2 aromatic rings. The van der Waals surface area contributed by atoms with Crippen LogP contribution in [0.5, 0.6) is 0 Å². The third-order valence-corrected chi connectivity index (χ3v) is 5.69. The van der Waals surface area contributed by atoms with Crippen molar-refractivity contribution in [1.29, 1.82) is 0 Å². The lowest BCUT2D eigenvalue weighted by Crippen LogP contribution is -2.22. The van der Waals surface area contributed by atoms with Crippen LogP contribution in [-0.2, 0) is 14.8 Å². The van der Waals surface area contributed by atoms with E-state index < -0.39 is 10.0 Å². The molecule has 0 saturated heterocycles. The second kappa shape index (κ2) is 8.35. The van der Waals surface area contributed by atoms with Gasteiger partial charge in [-0.25, -0.2) is 8.42 Å². The fraction of sp³-hybridized carbons (Fsp3) is 0.300. The van der Waals surface area contributed by atoms with Crippen molar-refractivity contribution in [2.75, 3.05) is 11.9 Å². The molecule has 0 saturated carbocycles. The third kappa shape index (κ3) is 4.95. The number of hydrogen-bond acceptors (Lipinski definition) is 4. The molecule has 0 fully saturated rings. The van der Waals surface area contributed by atoms with Gasteiger partial charge in [0, 0.05) is 24.2 Å². The number of carbonyl (C=O) groups excluding carboxylic acids is 1. The standard InChI is InChI=1S/C20H23N3O3S/c1-15-8-7-9-16(14-15)22-19(24)12-3-2-6-13-21-20-17-10-4-5-11-18(17)27(25,26)23-20/h4-5,7-11,14H,2-3,6,12-13H2,1H3,(H,21,23)(H,22,24). The number of nitrogens with zero attached hydrogens (tertiary/aromatic N) is 1. The number of hydrogen-bond donors (Lipinski definition) is 2. The minimum absolute atomic E-state index is 0.00407. The highest BCUT2D eigenvalue weighted by Gasteiger charge is 2.29. The van der Waals surface area contributed by atoms with Crippen molar-refractivity contribution < 1.29 is 13.2 Å². The molecule has 27 heavy (non-hydrogen) atoms. The number of amidine groups is 1. The molecule has 2 aromatic carbocycles. The van der Waals surface area contributed by atoms with Crippen LogP contribution in [0.15, 0.2) is 58.4 Å². The predicted octanol–water partition coefficient (Wildman–Crippen LogP) is 3.23. The van der Waals surface area contributed by atoms with Crippen LogP contribution in [0.3, 0.4) is 0 Å². The Hall–Kier alpha value is -2.67. The smallest absolute Gasteiger partial charge is 0.263 e.